The van der Waals surface area contributed by atoms with E-state index >= 15 is 0 Å². The number of carbonyl (C=O) groups excluding carboxylic acids is 1. The number of rotatable bonds is 8. The van der Waals surface area contributed by atoms with E-state index < -0.39 is 15.9 Å². The summed E-state index contributed by atoms with van der Waals surface area (Å²) >= 11 is 0. The van der Waals surface area contributed by atoms with Crippen LogP contribution in [0.1, 0.15) is 28.4 Å². The molecule has 0 saturated carbocycles. The van der Waals surface area contributed by atoms with Gasteiger partial charge in [0.1, 0.15) is 17.1 Å². The Morgan fingerprint density at radius 3 is 2.46 bits per heavy atom. The predicted octanol–water partition coefficient (Wildman–Crippen LogP) is 5.10. The fourth-order valence-corrected chi connectivity index (χ4v) is 5.36. The second-order valence-electron chi connectivity index (χ2n) is 7.72. The van der Waals surface area contributed by atoms with Gasteiger partial charge in [0.05, 0.1) is 12.3 Å². The van der Waals surface area contributed by atoms with Gasteiger partial charge >= 0.3 is 0 Å². The lowest BCUT2D eigenvalue weighted by Crippen LogP contribution is -2.31. The summed E-state index contributed by atoms with van der Waals surface area (Å²) in [6.07, 6.45) is 0. The van der Waals surface area contributed by atoms with E-state index in [0.29, 0.717) is 18.1 Å². The van der Waals surface area contributed by atoms with Crippen molar-refractivity contribution in [1.82, 2.24) is 14.5 Å². The quantitative estimate of drug-likeness (QED) is 0.352. The van der Waals surface area contributed by atoms with E-state index in [1.54, 1.807) is 17.9 Å². The zero-order chi connectivity index (χ0) is 25.0. The molecule has 10 heteroatoms. The fourth-order valence-electron chi connectivity index (χ4n) is 3.38. The predicted molar refractivity (Wildman–Crippen MR) is 135 cm³/mol. The van der Waals surface area contributed by atoms with Gasteiger partial charge < -0.3 is 9.47 Å². The van der Waals surface area contributed by atoms with Gasteiger partial charge in [-0.1, -0.05) is 17.7 Å². The molecule has 1 atom stereocenters. The maximum atomic E-state index is 13.0. The molecule has 0 radical (unpaired) electrons. The number of nitrogens with one attached hydrogen (secondary N) is 1. The molecule has 0 saturated heterocycles. The first kappa shape index (κ1) is 24.4. The van der Waals surface area contributed by atoms with Crippen LogP contribution in [0.5, 0.6) is 17.4 Å². The van der Waals surface area contributed by atoms with E-state index in [9.17, 15) is 13.2 Å². The first-order valence-corrected chi connectivity index (χ1v) is 13.3. The first-order chi connectivity index (χ1) is 16.8. The molecular formula is C25H24N3O5PS. The Hall–Kier alpha value is -3.68. The Labute approximate surface area is 205 Å². The van der Waals surface area contributed by atoms with Crippen LogP contribution in [0.3, 0.4) is 0 Å². The summed E-state index contributed by atoms with van der Waals surface area (Å²) in [5.74, 6) is 1.99. The molecule has 35 heavy (non-hydrogen) atoms. The van der Waals surface area contributed by atoms with Gasteiger partial charge in [0.2, 0.25) is 5.88 Å². The standard InChI is InChI=1S/C25H24N3O5PS/c1-4-32-19-8-6-18(7-9-19)21-11-10-20(24(29)28-35(30,31)23-13-14-34-27-23)25(26-21)33-22-12-5-16(2)15-17(22)3/h5-15,34H,4H2,1-3H3,(H,28,29). The van der Waals surface area contributed by atoms with E-state index in [0.717, 1.165) is 22.4 Å². The van der Waals surface area contributed by atoms with E-state index in [-0.39, 0.29) is 24.8 Å². The van der Waals surface area contributed by atoms with E-state index in [1.165, 1.54) is 12.1 Å². The van der Waals surface area contributed by atoms with Gasteiger partial charge in [-0.05, 0) is 89.0 Å². The van der Waals surface area contributed by atoms with E-state index in [1.807, 2.05) is 57.2 Å². The van der Waals surface area contributed by atoms with Crippen LogP contribution >= 0.6 is 8.35 Å². The third kappa shape index (κ3) is 5.70. The highest BCUT2D eigenvalue weighted by Crippen LogP contribution is 2.30. The average Bonchev–Trinajstić information content (AvgIpc) is 3.38. The number of amides is 1. The average molecular weight is 510 g/mol. The minimum absolute atomic E-state index is 0.0122. The summed E-state index contributed by atoms with van der Waals surface area (Å²) < 4.78 is 42.7. The number of hydrogen-bond donors (Lipinski definition) is 1. The van der Waals surface area contributed by atoms with Crippen LogP contribution in [0, 0.1) is 13.8 Å². The number of sulfonamides is 1. The number of aryl methyl sites for hydroxylation is 2. The van der Waals surface area contributed by atoms with Crippen LogP contribution in [0.15, 0.2) is 71.5 Å². The van der Waals surface area contributed by atoms with Gasteiger partial charge in [-0.2, -0.15) is 8.42 Å². The molecule has 0 aliphatic rings. The highest BCUT2D eigenvalue weighted by atomic mass is 32.2. The smallest absolute Gasteiger partial charge is 0.282 e. The Bertz CT molecular complexity index is 1450. The summed E-state index contributed by atoms with van der Waals surface area (Å²) in [5, 5.41) is -0.181. The molecule has 1 amide bonds. The Balaban J connectivity index is 1.72. The number of hydrogen-bond acceptors (Lipinski definition) is 7. The molecule has 0 fully saturated rings. The van der Waals surface area contributed by atoms with Crippen LogP contribution in [0.2, 0.25) is 0 Å². The molecule has 0 bridgehead atoms. The van der Waals surface area contributed by atoms with Crippen molar-refractivity contribution in [3.8, 4) is 28.6 Å². The molecule has 4 rings (SSSR count). The maximum absolute atomic E-state index is 13.0. The summed E-state index contributed by atoms with van der Waals surface area (Å²) in [5.41, 5.74) is 3.22. The van der Waals surface area contributed by atoms with Gasteiger partial charge in [0.25, 0.3) is 15.9 Å². The third-order valence-electron chi connectivity index (χ3n) is 5.08. The molecule has 180 valence electrons. The lowest BCUT2D eigenvalue weighted by atomic mass is 10.1. The van der Waals surface area contributed by atoms with Crippen molar-refractivity contribution in [3.05, 3.63) is 83.2 Å². The second-order valence-corrected chi connectivity index (χ2v) is 10.2. The van der Waals surface area contributed by atoms with Gasteiger partial charge in [-0.25, -0.2) is 14.5 Å². The van der Waals surface area contributed by atoms with Crippen molar-refractivity contribution in [2.45, 2.75) is 25.8 Å². The SMILES string of the molecule is CCOc1ccc(-c2ccc(C(=O)NS(=O)(=O)c3cc[pH]n3)c(Oc3ccc(C)cc3C)n2)cc1. The van der Waals surface area contributed by atoms with Gasteiger partial charge in [0.15, 0.2) is 5.03 Å². The van der Waals surface area contributed by atoms with Crippen molar-refractivity contribution in [3.63, 3.8) is 0 Å². The molecule has 2 aromatic heterocycles. The summed E-state index contributed by atoms with van der Waals surface area (Å²) in [7, 11) is -4.10. The Morgan fingerprint density at radius 2 is 1.80 bits per heavy atom. The number of nitrogens with zero attached hydrogens (tertiary/aromatic N) is 2. The molecule has 2 heterocycles. The van der Waals surface area contributed by atoms with Crippen molar-refractivity contribution in [2.75, 3.05) is 6.61 Å². The largest absolute Gasteiger partial charge is 0.494 e. The molecule has 1 unspecified atom stereocenters. The zero-order valence-electron chi connectivity index (χ0n) is 19.4. The molecule has 1 N–H and O–H groups in total. The highest BCUT2D eigenvalue weighted by molar-refractivity contribution is 7.90. The van der Waals surface area contributed by atoms with Crippen molar-refractivity contribution in [2.24, 2.45) is 0 Å². The summed E-state index contributed by atoms with van der Waals surface area (Å²) in [4.78, 5) is 17.6. The monoisotopic (exact) mass is 509 g/mol. The molecule has 2 aromatic carbocycles. The molecule has 0 spiro atoms. The second kappa shape index (κ2) is 10.3. The first-order valence-electron chi connectivity index (χ1n) is 10.8. The fraction of sp³-hybridized carbons (Fsp3) is 0.160. The maximum Gasteiger partial charge on any atom is 0.282 e. The van der Waals surface area contributed by atoms with Gasteiger partial charge in [0, 0.05) is 5.56 Å². The number of benzene rings is 2. The molecule has 4 aromatic rings. The number of pyridine rings is 1. The highest BCUT2D eigenvalue weighted by Gasteiger charge is 2.24. The zero-order valence-corrected chi connectivity index (χ0v) is 21.2. The van der Waals surface area contributed by atoms with E-state index in [2.05, 4.69) is 14.5 Å². The van der Waals surface area contributed by atoms with Gasteiger partial charge in [-0.3, -0.25) is 4.79 Å². The number of ether oxygens (including phenoxy) is 2. The summed E-state index contributed by atoms with van der Waals surface area (Å²) in [6.45, 7) is 6.31. The lowest BCUT2D eigenvalue weighted by Gasteiger charge is -2.14. The van der Waals surface area contributed by atoms with Crippen LogP contribution in [-0.4, -0.2) is 30.7 Å². The lowest BCUT2D eigenvalue weighted by molar-refractivity contribution is 0.0978. The van der Waals surface area contributed by atoms with Crippen molar-refractivity contribution >= 4 is 24.3 Å². The van der Waals surface area contributed by atoms with Crippen LogP contribution in [0.4, 0.5) is 0 Å². The molecule has 0 aliphatic heterocycles. The van der Waals surface area contributed by atoms with E-state index in [4.69, 9.17) is 9.47 Å². The molecular weight excluding hydrogens is 485 g/mol. The van der Waals surface area contributed by atoms with Crippen LogP contribution in [0.25, 0.3) is 11.3 Å². The number of carbonyl (C=O) groups is 1. The minimum atomic E-state index is -4.11. The summed E-state index contributed by atoms with van der Waals surface area (Å²) in [6, 6.07) is 17.5. The normalized spacial score (nSPS) is 11.4. The Kier molecular flexibility index (Phi) is 7.19. The van der Waals surface area contributed by atoms with Crippen LogP contribution in [-0.2, 0) is 10.0 Å². The van der Waals surface area contributed by atoms with Gasteiger partial charge in [-0.15, -0.1) is 0 Å². The number of aromatic nitrogens is 2. The minimum Gasteiger partial charge on any atom is -0.494 e. The molecule has 0 aliphatic carbocycles. The van der Waals surface area contributed by atoms with Crippen molar-refractivity contribution in [1.29, 1.82) is 0 Å². The Morgan fingerprint density at radius 1 is 1.03 bits per heavy atom. The molecule has 8 nitrogen and oxygen atoms in total. The topological polar surface area (TPSA) is 107 Å². The van der Waals surface area contributed by atoms with Crippen LogP contribution < -0.4 is 14.2 Å². The third-order valence-corrected chi connectivity index (χ3v) is 7.16. The van der Waals surface area contributed by atoms with Crippen molar-refractivity contribution < 1.29 is 22.7 Å².